The fourth-order valence-corrected chi connectivity index (χ4v) is 1.75. The molecule has 1 aliphatic heterocycles. The lowest BCUT2D eigenvalue weighted by atomic mass is 10.1. The summed E-state index contributed by atoms with van der Waals surface area (Å²) in [7, 11) is 1.23. The summed E-state index contributed by atoms with van der Waals surface area (Å²) in [6.45, 7) is 1.61. The van der Waals surface area contributed by atoms with Crippen LogP contribution in [0.25, 0.3) is 6.08 Å². The quantitative estimate of drug-likeness (QED) is 0.832. The first-order valence-corrected chi connectivity index (χ1v) is 5.58. The molecule has 19 heavy (non-hydrogen) atoms. The lowest BCUT2D eigenvalue weighted by Gasteiger charge is -2.00. The summed E-state index contributed by atoms with van der Waals surface area (Å²) in [5.41, 5.74) is 1.36. The summed E-state index contributed by atoms with van der Waals surface area (Å²) in [6.07, 6.45) is 1.56. The van der Waals surface area contributed by atoms with Gasteiger partial charge in [-0.15, -0.1) is 0 Å². The topological polar surface area (TPSA) is 58.9 Å². The first kappa shape index (κ1) is 13.0. The Morgan fingerprint density at radius 3 is 2.58 bits per heavy atom. The average Bonchev–Trinajstić information content (AvgIpc) is 2.66. The maximum Gasteiger partial charge on any atom is 0.343 e. The second kappa shape index (κ2) is 5.06. The van der Waals surface area contributed by atoms with E-state index in [4.69, 9.17) is 0 Å². The van der Waals surface area contributed by atoms with Crippen LogP contribution in [0.15, 0.2) is 46.3 Å². The molecular weight excluding hydrogens is 249 g/mol. The number of methoxy groups -OCH3 is 1. The molecule has 0 atom stereocenters. The van der Waals surface area contributed by atoms with E-state index in [9.17, 15) is 14.3 Å². The van der Waals surface area contributed by atoms with Crippen LogP contribution in [-0.4, -0.2) is 23.9 Å². The SMILES string of the molecule is COC(=O)C1=C(O)/C(=C/c2ccc(F)cc2)N=C1C. The molecule has 1 aliphatic rings. The van der Waals surface area contributed by atoms with Crippen molar-refractivity contribution in [2.45, 2.75) is 6.92 Å². The first-order chi connectivity index (χ1) is 9.02. The van der Waals surface area contributed by atoms with Crippen molar-refractivity contribution in [3.05, 3.63) is 52.7 Å². The Morgan fingerprint density at radius 2 is 2.00 bits per heavy atom. The molecule has 0 radical (unpaired) electrons. The van der Waals surface area contributed by atoms with Gasteiger partial charge in [0.25, 0.3) is 0 Å². The average molecular weight is 261 g/mol. The van der Waals surface area contributed by atoms with Gasteiger partial charge in [-0.05, 0) is 30.7 Å². The number of halogens is 1. The van der Waals surface area contributed by atoms with Crippen LogP contribution in [0.5, 0.6) is 0 Å². The molecule has 1 aromatic rings. The first-order valence-electron chi connectivity index (χ1n) is 5.58. The number of aliphatic hydroxyl groups excluding tert-OH is 1. The molecular formula is C14H12FNO3. The molecule has 98 valence electrons. The molecule has 0 unspecified atom stereocenters. The highest BCUT2D eigenvalue weighted by atomic mass is 19.1. The number of hydrogen-bond donors (Lipinski definition) is 1. The number of hydrogen-bond acceptors (Lipinski definition) is 4. The van der Waals surface area contributed by atoms with Crippen LogP contribution < -0.4 is 0 Å². The molecule has 0 saturated carbocycles. The summed E-state index contributed by atoms with van der Waals surface area (Å²) < 4.78 is 17.4. The minimum absolute atomic E-state index is 0.0517. The zero-order valence-electron chi connectivity index (χ0n) is 10.5. The lowest BCUT2D eigenvalue weighted by Crippen LogP contribution is -2.11. The van der Waals surface area contributed by atoms with Crippen LogP contribution >= 0.6 is 0 Å². The van der Waals surface area contributed by atoms with Gasteiger partial charge < -0.3 is 9.84 Å². The normalized spacial score (nSPS) is 16.8. The Labute approximate surface area is 109 Å². The van der Waals surface area contributed by atoms with E-state index in [2.05, 4.69) is 9.73 Å². The predicted octanol–water partition coefficient (Wildman–Crippen LogP) is 2.63. The van der Waals surface area contributed by atoms with Crippen molar-refractivity contribution < 1.29 is 19.0 Å². The maximum atomic E-state index is 12.8. The summed E-state index contributed by atoms with van der Waals surface area (Å²) in [5.74, 6) is -1.21. The van der Waals surface area contributed by atoms with E-state index in [0.717, 1.165) is 0 Å². The minimum atomic E-state index is -0.638. The second-order valence-electron chi connectivity index (χ2n) is 3.99. The number of carbonyl (C=O) groups excluding carboxylic acids is 1. The van der Waals surface area contributed by atoms with Crippen molar-refractivity contribution in [2.24, 2.45) is 4.99 Å². The van der Waals surface area contributed by atoms with Gasteiger partial charge in [0, 0.05) is 0 Å². The molecule has 0 fully saturated rings. The molecule has 5 heteroatoms. The molecule has 1 N–H and O–H groups in total. The Balaban J connectivity index is 2.40. The maximum absolute atomic E-state index is 12.8. The third-order valence-corrected chi connectivity index (χ3v) is 2.69. The monoisotopic (exact) mass is 261 g/mol. The number of aliphatic imine (C=N–C) groups is 1. The molecule has 0 amide bonds. The number of rotatable bonds is 2. The van der Waals surface area contributed by atoms with Crippen LogP contribution in [0.3, 0.4) is 0 Å². The standard InChI is InChI=1S/C14H12FNO3/c1-8-12(14(18)19-2)13(17)11(16-8)7-9-3-5-10(15)6-4-9/h3-7,17H,1-2H3/b11-7-. The van der Waals surface area contributed by atoms with Crippen molar-refractivity contribution in [1.29, 1.82) is 0 Å². The molecule has 0 aliphatic carbocycles. The van der Waals surface area contributed by atoms with Crippen LogP contribution in [0.4, 0.5) is 4.39 Å². The number of ether oxygens (including phenoxy) is 1. The Hall–Kier alpha value is -2.43. The zero-order chi connectivity index (χ0) is 14.0. The molecule has 0 aromatic heterocycles. The highest BCUT2D eigenvalue weighted by molar-refractivity contribution is 6.21. The molecule has 0 spiro atoms. The fourth-order valence-electron chi connectivity index (χ4n) is 1.75. The van der Waals surface area contributed by atoms with E-state index in [1.54, 1.807) is 25.1 Å². The fraction of sp³-hybridized carbons (Fsp3) is 0.143. The van der Waals surface area contributed by atoms with Gasteiger partial charge in [-0.1, -0.05) is 12.1 Å². The Kier molecular flexibility index (Phi) is 3.46. The number of nitrogens with zero attached hydrogens (tertiary/aromatic N) is 1. The Morgan fingerprint density at radius 1 is 1.37 bits per heavy atom. The van der Waals surface area contributed by atoms with E-state index in [0.29, 0.717) is 11.3 Å². The summed E-state index contributed by atoms with van der Waals surface area (Å²) in [5, 5.41) is 9.96. The van der Waals surface area contributed by atoms with Crippen LogP contribution in [0.2, 0.25) is 0 Å². The number of benzene rings is 1. The van der Waals surface area contributed by atoms with E-state index >= 15 is 0 Å². The molecule has 0 saturated heterocycles. The highest BCUT2D eigenvalue weighted by Gasteiger charge is 2.27. The number of esters is 1. The van der Waals surface area contributed by atoms with Crippen molar-refractivity contribution in [3.8, 4) is 0 Å². The minimum Gasteiger partial charge on any atom is -0.505 e. The number of carbonyl (C=O) groups is 1. The third-order valence-electron chi connectivity index (χ3n) is 2.69. The largest absolute Gasteiger partial charge is 0.505 e. The van der Waals surface area contributed by atoms with Crippen molar-refractivity contribution in [1.82, 2.24) is 0 Å². The van der Waals surface area contributed by atoms with Crippen molar-refractivity contribution in [3.63, 3.8) is 0 Å². The molecule has 1 aromatic carbocycles. The van der Waals surface area contributed by atoms with Gasteiger partial charge in [0.2, 0.25) is 0 Å². The van der Waals surface area contributed by atoms with E-state index in [1.807, 2.05) is 0 Å². The number of aliphatic hydroxyl groups is 1. The summed E-state index contributed by atoms with van der Waals surface area (Å²) >= 11 is 0. The summed E-state index contributed by atoms with van der Waals surface area (Å²) in [4.78, 5) is 15.6. The smallest absolute Gasteiger partial charge is 0.343 e. The molecule has 0 bridgehead atoms. The van der Waals surface area contributed by atoms with Gasteiger partial charge in [-0.3, -0.25) is 0 Å². The van der Waals surface area contributed by atoms with Gasteiger partial charge in [0.15, 0.2) is 5.76 Å². The van der Waals surface area contributed by atoms with Crippen LogP contribution in [0.1, 0.15) is 12.5 Å². The van der Waals surface area contributed by atoms with Gasteiger partial charge in [0.05, 0.1) is 12.8 Å². The molecule has 2 rings (SSSR count). The van der Waals surface area contributed by atoms with Crippen molar-refractivity contribution >= 4 is 17.8 Å². The molecule has 1 heterocycles. The van der Waals surface area contributed by atoms with Gasteiger partial charge in [-0.25, -0.2) is 14.2 Å². The predicted molar refractivity (Wildman–Crippen MR) is 69.2 cm³/mol. The van der Waals surface area contributed by atoms with Gasteiger partial charge in [-0.2, -0.15) is 0 Å². The lowest BCUT2D eigenvalue weighted by molar-refractivity contribution is -0.135. The van der Waals surface area contributed by atoms with E-state index in [1.165, 1.54) is 19.2 Å². The third kappa shape index (κ3) is 2.54. The van der Waals surface area contributed by atoms with Gasteiger partial charge >= 0.3 is 5.97 Å². The summed E-state index contributed by atoms with van der Waals surface area (Å²) in [6, 6.07) is 5.72. The van der Waals surface area contributed by atoms with Crippen LogP contribution in [0, 0.1) is 5.82 Å². The second-order valence-corrected chi connectivity index (χ2v) is 3.99. The van der Waals surface area contributed by atoms with E-state index in [-0.39, 0.29) is 22.8 Å². The van der Waals surface area contributed by atoms with Crippen LogP contribution in [-0.2, 0) is 9.53 Å². The van der Waals surface area contributed by atoms with Crippen molar-refractivity contribution in [2.75, 3.05) is 7.11 Å². The van der Waals surface area contributed by atoms with E-state index < -0.39 is 5.97 Å². The Bertz CT molecular complexity index is 612. The molecule has 4 nitrogen and oxygen atoms in total. The van der Waals surface area contributed by atoms with Gasteiger partial charge in [0.1, 0.15) is 17.1 Å². The highest BCUT2D eigenvalue weighted by Crippen LogP contribution is 2.26. The zero-order valence-corrected chi connectivity index (χ0v) is 10.5.